The SMILES string of the molecule is CC1CCN(S(=O)(=O)c2cc(Br)cnc2Cl)C(C)C1. The number of aromatic nitrogens is 1. The summed E-state index contributed by atoms with van der Waals surface area (Å²) in [5.41, 5.74) is 0. The Kier molecular flexibility index (Phi) is 4.55. The Morgan fingerprint density at radius 1 is 1.47 bits per heavy atom. The van der Waals surface area contributed by atoms with E-state index in [4.69, 9.17) is 11.6 Å². The number of nitrogens with zero attached hydrogens (tertiary/aromatic N) is 2. The molecule has 106 valence electrons. The summed E-state index contributed by atoms with van der Waals surface area (Å²) in [4.78, 5) is 3.97. The third-order valence-corrected chi connectivity index (χ3v) is 6.31. The molecular weight excluding hydrogens is 352 g/mol. The lowest BCUT2D eigenvalue weighted by Crippen LogP contribution is -2.44. The summed E-state index contributed by atoms with van der Waals surface area (Å²) >= 11 is 9.17. The molecule has 1 aromatic heterocycles. The smallest absolute Gasteiger partial charge is 0.242 e. The maximum atomic E-state index is 12.7. The Balaban J connectivity index is 2.39. The third-order valence-electron chi connectivity index (χ3n) is 3.44. The first-order chi connectivity index (χ1) is 8.82. The van der Waals surface area contributed by atoms with E-state index in [1.54, 1.807) is 0 Å². The zero-order chi connectivity index (χ0) is 14.2. The molecule has 4 nitrogen and oxygen atoms in total. The predicted octanol–water partition coefficient (Wildman–Crippen LogP) is 3.31. The van der Waals surface area contributed by atoms with Crippen LogP contribution in [0.2, 0.25) is 5.15 Å². The summed E-state index contributed by atoms with van der Waals surface area (Å²) in [5.74, 6) is 0.553. The molecular formula is C12H16BrClN2O2S. The van der Waals surface area contributed by atoms with E-state index in [1.165, 1.54) is 16.6 Å². The normalized spacial score (nSPS) is 25.5. The Morgan fingerprint density at radius 2 is 2.16 bits per heavy atom. The van der Waals surface area contributed by atoms with Crippen LogP contribution in [0.3, 0.4) is 0 Å². The second-order valence-corrected chi connectivity index (χ2v) is 8.17. The minimum atomic E-state index is -3.58. The summed E-state index contributed by atoms with van der Waals surface area (Å²) in [5, 5.41) is 0.0222. The monoisotopic (exact) mass is 366 g/mol. The van der Waals surface area contributed by atoms with Crippen molar-refractivity contribution in [1.82, 2.24) is 9.29 Å². The number of rotatable bonds is 2. The predicted molar refractivity (Wildman–Crippen MR) is 78.7 cm³/mol. The van der Waals surface area contributed by atoms with Gasteiger partial charge >= 0.3 is 0 Å². The van der Waals surface area contributed by atoms with Crippen LogP contribution in [-0.4, -0.2) is 30.3 Å². The zero-order valence-corrected chi connectivity index (χ0v) is 14.0. The summed E-state index contributed by atoms with van der Waals surface area (Å²) in [6.45, 7) is 4.62. The van der Waals surface area contributed by atoms with Gasteiger partial charge in [0, 0.05) is 23.3 Å². The van der Waals surface area contributed by atoms with Gasteiger partial charge in [-0.25, -0.2) is 13.4 Å². The molecule has 1 saturated heterocycles. The fraction of sp³-hybridized carbons (Fsp3) is 0.583. The molecule has 0 radical (unpaired) electrons. The molecule has 0 spiro atoms. The average Bonchev–Trinajstić information content (AvgIpc) is 2.31. The van der Waals surface area contributed by atoms with Crippen molar-refractivity contribution in [2.24, 2.45) is 5.92 Å². The van der Waals surface area contributed by atoms with Gasteiger partial charge in [0.25, 0.3) is 0 Å². The molecule has 0 amide bonds. The molecule has 0 aliphatic carbocycles. The molecule has 2 unspecified atom stereocenters. The maximum Gasteiger partial charge on any atom is 0.246 e. The van der Waals surface area contributed by atoms with Gasteiger partial charge in [0.15, 0.2) is 0 Å². The molecule has 2 heterocycles. The van der Waals surface area contributed by atoms with Crippen molar-refractivity contribution in [2.45, 2.75) is 37.6 Å². The second-order valence-electron chi connectivity index (χ2n) is 5.04. The van der Waals surface area contributed by atoms with Gasteiger partial charge in [-0.3, -0.25) is 0 Å². The largest absolute Gasteiger partial charge is 0.246 e. The fourth-order valence-electron chi connectivity index (χ4n) is 2.45. The highest BCUT2D eigenvalue weighted by Gasteiger charge is 2.34. The lowest BCUT2D eigenvalue weighted by Gasteiger charge is -2.35. The van der Waals surface area contributed by atoms with Crippen LogP contribution < -0.4 is 0 Å². The summed E-state index contributed by atoms with van der Waals surface area (Å²) in [6, 6.07) is 1.50. The van der Waals surface area contributed by atoms with Crippen LogP contribution in [-0.2, 0) is 10.0 Å². The van der Waals surface area contributed by atoms with Crippen molar-refractivity contribution in [3.8, 4) is 0 Å². The van der Waals surface area contributed by atoms with E-state index in [1.807, 2.05) is 6.92 Å². The molecule has 1 aliphatic heterocycles. The number of hydrogen-bond donors (Lipinski definition) is 0. The standard InChI is InChI=1S/C12H16BrClN2O2S/c1-8-3-4-16(9(2)5-8)19(17,18)11-6-10(13)7-15-12(11)14/h6-9H,3-5H2,1-2H3. The van der Waals surface area contributed by atoms with E-state index in [-0.39, 0.29) is 16.1 Å². The highest BCUT2D eigenvalue weighted by atomic mass is 79.9. The molecule has 0 saturated carbocycles. The first-order valence-electron chi connectivity index (χ1n) is 6.15. The van der Waals surface area contributed by atoms with Crippen LogP contribution in [0, 0.1) is 5.92 Å². The van der Waals surface area contributed by atoms with Gasteiger partial charge in [0.05, 0.1) is 0 Å². The quantitative estimate of drug-likeness (QED) is 0.754. The molecule has 0 N–H and O–H groups in total. The van der Waals surface area contributed by atoms with E-state index in [9.17, 15) is 8.42 Å². The van der Waals surface area contributed by atoms with Crippen LogP contribution in [0.1, 0.15) is 26.7 Å². The maximum absolute atomic E-state index is 12.7. The average molecular weight is 368 g/mol. The van der Waals surface area contributed by atoms with E-state index in [0.29, 0.717) is 16.9 Å². The first-order valence-corrected chi connectivity index (χ1v) is 8.76. The van der Waals surface area contributed by atoms with E-state index < -0.39 is 10.0 Å². The van der Waals surface area contributed by atoms with Crippen molar-refractivity contribution in [3.63, 3.8) is 0 Å². The highest BCUT2D eigenvalue weighted by Crippen LogP contribution is 2.31. The van der Waals surface area contributed by atoms with E-state index in [2.05, 4.69) is 27.8 Å². The number of piperidine rings is 1. The summed E-state index contributed by atoms with van der Waals surface area (Å²) in [6.07, 6.45) is 3.24. The van der Waals surface area contributed by atoms with E-state index in [0.717, 1.165) is 12.8 Å². The van der Waals surface area contributed by atoms with Gasteiger partial charge < -0.3 is 0 Å². The second kappa shape index (κ2) is 5.68. The fourth-order valence-corrected chi connectivity index (χ4v) is 5.03. The number of halogens is 2. The Morgan fingerprint density at radius 3 is 2.79 bits per heavy atom. The Labute approximate surface area is 127 Å². The van der Waals surface area contributed by atoms with Gasteiger partial charge in [0.2, 0.25) is 10.0 Å². The topological polar surface area (TPSA) is 50.3 Å². The zero-order valence-electron chi connectivity index (χ0n) is 10.8. The Hall–Kier alpha value is -0.170. The van der Waals surface area contributed by atoms with Crippen LogP contribution in [0.15, 0.2) is 21.6 Å². The lowest BCUT2D eigenvalue weighted by molar-refractivity contribution is 0.220. The summed E-state index contributed by atoms with van der Waals surface area (Å²) < 4.78 is 27.5. The highest BCUT2D eigenvalue weighted by molar-refractivity contribution is 9.10. The van der Waals surface area contributed by atoms with Gasteiger partial charge in [-0.15, -0.1) is 0 Å². The molecule has 0 bridgehead atoms. The number of sulfonamides is 1. The molecule has 2 rings (SSSR count). The summed E-state index contributed by atoms with van der Waals surface area (Å²) in [7, 11) is -3.58. The lowest BCUT2D eigenvalue weighted by atomic mass is 9.95. The molecule has 1 aliphatic rings. The van der Waals surface area contributed by atoms with Gasteiger partial charge in [0.1, 0.15) is 10.0 Å². The minimum Gasteiger partial charge on any atom is -0.242 e. The number of hydrogen-bond acceptors (Lipinski definition) is 3. The Bertz CT molecular complexity index is 579. The van der Waals surface area contributed by atoms with Crippen molar-refractivity contribution in [3.05, 3.63) is 21.9 Å². The molecule has 19 heavy (non-hydrogen) atoms. The van der Waals surface area contributed by atoms with Crippen LogP contribution >= 0.6 is 27.5 Å². The van der Waals surface area contributed by atoms with Crippen molar-refractivity contribution < 1.29 is 8.42 Å². The first kappa shape index (κ1) is 15.2. The van der Waals surface area contributed by atoms with E-state index >= 15 is 0 Å². The van der Waals surface area contributed by atoms with Crippen LogP contribution in [0.25, 0.3) is 0 Å². The van der Waals surface area contributed by atoms with Crippen molar-refractivity contribution in [2.75, 3.05) is 6.54 Å². The van der Waals surface area contributed by atoms with Crippen LogP contribution in [0.4, 0.5) is 0 Å². The third kappa shape index (κ3) is 3.12. The van der Waals surface area contributed by atoms with Crippen molar-refractivity contribution >= 4 is 37.6 Å². The molecule has 1 aromatic rings. The minimum absolute atomic E-state index is 0.0104. The van der Waals surface area contributed by atoms with Gasteiger partial charge in [-0.05, 0) is 47.7 Å². The van der Waals surface area contributed by atoms with Crippen LogP contribution in [0.5, 0.6) is 0 Å². The van der Waals surface area contributed by atoms with Crippen molar-refractivity contribution in [1.29, 1.82) is 0 Å². The number of pyridine rings is 1. The van der Waals surface area contributed by atoms with Gasteiger partial charge in [-0.1, -0.05) is 18.5 Å². The molecule has 2 atom stereocenters. The molecule has 7 heteroatoms. The molecule has 1 fully saturated rings. The van der Waals surface area contributed by atoms with Gasteiger partial charge in [-0.2, -0.15) is 4.31 Å². The molecule has 0 aromatic carbocycles.